The van der Waals surface area contributed by atoms with Crippen molar-refractivity contribution in [3.8, 4) is 0 Å². The van der Waals surface area contributed by atoms with Crippen molar-refractivity contribution in [1.82, 2.24) is 5.32 Å². The highest BCUT2D eigenvalue weighted by Gasteiger charge is 2.24. The van der Waals surface area contributed by atoms with E-state index >= 15 is 0 Å². The molecular weight excluding hydrogens is 372 g/mol. The van der Waals surface area contributed by atoms with Gasteiger partial charge in [0.1, 0.15) is 0 Å². The second kappa shape index (κ2) is 11.5. The highest BCUT2D eigenvalue weighted by molar-refractivity contribution is 5.69. The lowest BCUT2D eigenvalue weighted by molar-refractivity contribution is -0.698. The third-order valence-electron chi connectivity index (χ3n) is 5.31. The average Bonchev–Trinajstić information content (AvgIpc) is 2.71. The van der Waals surface area contributed by atoms with Gasteiger partial charge >= 0.3 is 6.09 Å². The van der Waals surface area contributed by atoms with Crippen LogP contribution in [0, 0.1) is 0 Å². The van der Waals surface area contributed by atoms with E-state index in [1.807, 2.05) is 45.2 Å². The lowest BCUT2D eigenvalue weighted by Crippen LogP contribution is -2.43. The first-order valence-corrected chi connectivity index (χ1v) is 11.0. The first kappa shape index (κ1) is 23.7. The largest absolute Gasteiger partial charge is 0.443 e. The van der Waals surface area contributed by atoms with Gasteiger partial charge in [-0.05, 0) is 56.9 Å². The Hall–Kier alpha value is -2.62. The van der Waals surface area contributed by atoms with Crippen LogP contribution in [0.15, 0.2) is 55.4 Å². The van der Waals surface area contributed by atoms with Gasteiger partial charge in [0.05, 0.1) is 5.54 Å². The van der Waals surface area contributed by atoms with E-state index in [2.05, 4.69) is 47.8 Å². The third-order valence-corrected chi connectivity index (χ3v) is 5.31. The van der Waals surface area contributed by atoms with Gasteiger partial charge in [-0.25, -0.2) is 9.36 Å². The molecule has 1 N–H and O–H groups in total. The van der Waals surface area contributed by atoms with Crippen LogP contribution in [0.2, 0.25) is 0 Å². The molecule has 1 aromatic carbocycles. The van der Waals surface area contributed by atoms with E-state index in [1.54, 1.807) is 0 Å². The Balaban J connectivity index is 1.83. The highest BCUT2D eigenvalue weighted by Crippen LogP contribution is 2.23. The molecule has 0 radical (unpaired) electrons. The van der Waals surface area contributed by atoms with E-state index in [0.29, 0.717) is 13.2 Å². The summed E-state index contributed by atoms with van der Waals surface area (Å²) in [5.74, 6) is 0. The number of hydrogen-bond donors (Lipinski definition) is 1. The molecule has 0 aliphatic carbocycles. The second-order valence-electron chi connectivity index (χ2n) is 8.51. The zero-order valence-electron chi connectivity index (χ0n) is 19.0. The predicted molar refractivity (Wildman–Crippen MR) is 123 cm³/mol. The minimum Gasteiger partial charge on any atom is -0.443 e. The number of unbranched alkanes of at least 4 members (excludes halogenated alkanes) is 3. The number of nitrogens with one attached hydrogen (secondary N) is 1. The van der Waals surface area contributed by atoms with Crippen LogP contribution in [-0.4, -0.2) is 12.7 Å². The van der Waals surface area contributed by atoms with Crippen molar-refractivity contribution in [2.45, 2.75) is 71.9 Å². The summed E-state index contributed by atoms with van der Waals surface area (Å²) < 4.78 is 7.53. The monoisotopic (exact) mass is 409 g/mol. The number of aromatic nitrogens is 1. The Bertz CT molecular complexity index is 842. The maximum atomic E-state index is 12.4. The summed E-state index contributed by atoms with van der Waals surface area (Å²) in [5.41, 5.74) is 3.89. The Labute approximate surface area is 182 Å². The van der Waals surface area contributed by atoms with Gasteiger partial charge in [-0.15, -0.1) is 0 Å². The minimum atomic E-state index is -0.534. The molecule has 0 aliphatic rings. The van der Waals surface area contributed by atoms with Gasteiger partial charge in [0.25, 0.3) is 0 Å². The van der Waals surface area contributed by atoms with Crippen LogP contribution in [0.3, 0.4) is 0 Å². The fraction of sp³-hybridized carbons (Fsp3) is 0.462. The van der Waals surface area contributed by atoms with Crippen LogP contribution >= 0.6 is 0 Å². The molecule has 1 aromatic heterocycles. The molecule has 0 saturated carbocycles. The Morgan fingerprint density at radius 2 is 1.97 bits per heavy atom. The van der Waals surface area contributed by atoms with Gasteiger partial charge < -0.3 is 10.1 Å². The summed E-state index contributed by atoms with van der Waals surface area (Å²) in [6.07, 6.45) is 9.91. The summed E-state index contributed by atoms with van der Waals surface area (Å²) in [7, 11) is 0. The minimum absolute atomic E-state index is 0.331. The van der Waals surface area contributed by atoms with E-state index < -0.39 is 11.6 Å². The molecule has 2 aromatic rings. The van der Waals surface area contributed by atoms with Crippen LogP contribution in [0.4, 0.5) is 4.79 Å². The molecule has 2 rings (SSSR count). The molecule has 0 saturated heterocycles. The zero-order chi connectivity index (χ0) is 22.0. The molecule has 0 aliphatic heterocycles. The van der Waals surface area contributed by atoms with Crippen molar-refractivity contribution in [1.29, 1.82) is 0 Å². The molecular formula is C26H37N2O2+. The van der Waals surface area contributed by atoms with E-state index in [1.165, 1.54) is 31.2 Å². The molecule has 30 heavy (non-hydrogen) atoms. The Morgan fingerprint density at radius 3 is 2.70 bits per heavy atom. The zero-order valence-corrected chi connectivity index (χ0v) is 19.0. The fourth-order valence-corrected chi connectivity index (χ4v) is 3.40. The molecule has 0 unspecified atom stereocenters. The number of amides is 1. The van der Waals surface area contributed by atoms with Gasteiger partial charge in [-0.3, -0.25) is 0 Å². The van der Waals surface area contributed by atoms with Crippen molar-refractivity contribution >= 4 is 11.7 Å². The van der Waals surface area contributed by atoms with Gasteiger partial charge in [0.15, 0.2) is 25.5 Å². The lowest BCUT2D eigenvalue weighted by Gasteiger charge is -2.27. The number of nitrogens with zero attached hydrogens (tertiary/aromatic N) is 1. The van der Waals surface area contributed by atoms with Gasteiger partial charge in [0.2, 0.25) is 0 Å². The van der Waals surface area contributed by atoms with E-state index in [0.717, 1.165) is 23.1 Å². The first-order valence-electron chi connectivity index (χ1n) is 11.0. The number of ether oxygens (including phenoxy) is 1. The van der Waals surface area contributed by atoms with Crippen molar-refractivity contribution in [3.63, 3.8) is 0 Å². The quantitative estimate of drug-likeness (QED) is 0.377. The molecule has 0 atom stereocenters. The topological polar surface area (TPSA) is 42.2 Å². The summed E-state index contributed by atoms with van der Waals surface area (Å²) >= 11 is 0. The van der Waals surface area contributed by atoms with E-state index in [-0.39, 0.29) is 0 Å². The standard InChI is InChI=1S/C26H36N2O2/c1-6-7-8-9-12-22-13-11-16-28(20-22)17-18-30-25(29)27-26(4,5)24-15-10-14-23(19-24)21(2)3/h10-11,13-16,19-20H,2,6-9,12,17-18H2,1,3-5H3/p+1. The highest BCUT2D eigenvalue weighted by atomic mass is 16.5. The number of pyridine rings is 1. The lowest BCUT2D eigenvalue weighted by atomic mass is 9.92. The normalized spacial score (nSPS) is 11.2. The number of aryl methyl sites for hydroxylation is 1. The van der Waals surface area contributed by atoms with Gasteiger partial charge in [-0.1, -0.05) is 56.5 Å². The number of benzene rings is 1. The van der Waals surface area contributed by atoms with E-state index in [4.69, 9.17) is 4.74 Å². The number of hydrogen-bond acceptors (Lipinski definition) is 2. The maximum Gasteiger partial charge on any atom is 0.408 e. The molecule has 1 heterocycles. The fourth-order valence-electron chi connectivity index (χ4n) is 3.40. The Morgan fingerprint density at radius 1 is 1.17 bits per heavy atom. The maximum absolute atomic E-state index is 12.4. The van der Waals surface area contributed by atoms with Gasteiger partial charge in [0, 0.05) is 11.6 Å². The van der Waals surface area contributed by atoms with Crippen molar-refractivity contribution in [2.24, 2.45) is 0 Å². The molecule has 0 bridgehead atoms. The second-order valence-corrected chi connectivity index (χ2v) is 8.51. The first-order chi connectivity index (χ1) is 14.3. The summed E-state index contributed by atoms with van der Waals surface area (Å²) in [5, 5.41) is 2.98. The molecule has 1 amide bonds. The summed E-state index contributed by atoms with van der Waals surface area (Å²) in [4.78, 5) is 12.4. The van der Waals surface area contributed by atoms with Crippen LogP contribution in [0.5, 0.6) is 0 Å². The third kappa shape index (κ3) is 7.66. The van der Waals surface area contributed by atoms with Crippen molar-refractivity contribution < 1.29 is 14.1 Å². The summed E-state index contributed by atoms with van der Waals surface area (Å²) in [6.45, 7) is 13.1. The van der Waals surface area contributed by atoms with Gasteiger partial charge in [-0.2, -0.15) is 0 Å². The molecule has 0 spiro atoms. The van der Waals surface area contributed by atoms with Crippen LogP contribution < -0.4 is 9.88 Å². The molecule has 4 nitrogen and oxygen atoms in total. The Kier molecular flexibility index (Phi) is 9.10. The molecule has 162 valence electrons. The molecule has 4 heteroatoms. The van der Waals surface area contributed by atoms with Crippen molar-refractivity contribution in [2.75, 3.05) is 6.61 Å². The smallest absolute Gasteiger partial charge is 0.408 e. The van der Waals surface area contributed by atoms with Crippen molar-refractivity contribution in [3.05, 3.63) is 72.1 Å². The SMILES string of the molecule is C=C(C)c1cccc(C(C)(C)NC(=O)OCC[n+]2cccc(CCCCCC)c2)c1. The van der Waals surface area contributed by atoms with Crippen LogP contribution in [-0.2, 0) is 23.2 Å². The molecule has 0 fully saturated rings. The number of carbonyl (C=O) groups is 1. The number of rotatable bonds is 11. The van der Waals surface area contributed by atoms with Crippen LogP contribution in [0.25, 0.3) is 5.57 Å². The van der Waals surface area contributed by atoms with Crippen LogP contribution in [0.1, 0.15) is 70.1 Å². The predicted octanol–water partition coefficient (Wildman–Crippen LogP) is 5.79. The number of allylic oxidation sites excluding steroid dienone is 1. The number of carbonyl (C=O) groups excluding carboxylic acids is 1. The average molecular weight is 410 g/mol. The number of alkyl carbamates (subject to hydrolysis) is 1. The van der Waals surface area contributed by atoms with E-state index in [9.17, 15) is 4.79 Å². The summed E-state index contributed by atoms with van der Waals surface area (Å²) in [6, 6.07) is 12.3.